The summed E-state index contributed by atoms with van der Waals surface area (Å²) in [5.74, 6) is 0.260. The molecule has 104 valence electrons. The van der Waals surface area contributed by atoms with Gasteiger partial charge >= 0.3 is 0 Å². The zero-order valence-electron chi connectivity index (χ0n) is 11.2. The predicted octanol–water partition coefficient (Wildman–Crippen LogP) is 0.611. The molecule has 0 bridgehead atoms. The first-order valence-electron chi connectivity index (χ1n) is 6.70. The number of likely N-dealkylation sites (tertiary alicyclic amines) is 1. The third-order valence-corrected chi connectivity index (χ3v) is 4.38. The highest BCUT2D eigenvalue weighted by molar-refractivity contribution is 5.91. The van der Waals surface area contributed by atoms with Crippen LogP contribution in [0.1, 0.15) is 23.4 Å². The number of likely N-dealkylation sites (N-methyl/N-ethyl adjacent to an activating group) is 1. The normalized spacial score (nSPS) is 23.7. The SMILES string of the molecule is CN1CCOCC12CCN(C(=O)c1ccno1)CC2. The molecule has 2 fully saturated rings. The molecule has 0 aromatic carbocycles. The summed E-state index contributed by atoms with van der Waals surface area (Å²) in [6, 6.07) is 1.61. The van der Waals surface area contributed by atoms with Crippen LogP contribution in [0.2, 0.25) is 0 Å². The number of hydrogen-bond donors (Lipinski definition) is 0. The van der Waals surface area contributed by atoms with Crippen molar-refractivity contribution in [1.82, 2.24) is 15.0 Å². The number of aromatic nitrogens is 1. The average molecular weight is 265 g/mol. The lowest BCUT2D eigenvalue weighted by Crippen LogP contribution is -2.60. The molecule has 2 aliphatic heterocycles. The zero-order valence-corrected chi connectivity index (χ0v) is 11.2. The molecule has 0 N–H and O–H groups in total. The Labute approximate surface area is 112 Å². The van der Waals surface area contributed by atoms with Gasteiger partial charge in [-0.15, -0.1) is 0 Å². The highest BCUT2D eigenvalue weighted by Crippen LogP contribution is 2.31. The highest BCUT2D eigenvalue weighted by atomic mass is 16.5. The molecule has 1 aromatic heterocycles. The van der Waals surface area contributed by atoms with Gasteiger partial charge in [-0.2, -0.15) is 0 Å². The zero-order chi connectivity index (χ0) is 13.3. The number of morpholine rings is 1. The highest BCUT2D eigenvalue weighted by Gasteiger charge is 2.41. The van der Waals surface area contributed by atoms with Gasteiger partial charge in [-0.05, 0) is 19.9 Å². The minimum atomic E-state index is -0.0632. The number of ether oxygens (including phenoxy) is 1. The Hall–Kier alpha value is -1.40. The maximum absolute atomic E-state index is 12.2. The average Bonchev–Trinajstić information content (AvgIpc) is 2.96. The largest absolute Gasteiger partial charge is 0.378 e. The number of carbonyl (C=O) groups excluding carboxylic acids is 1. The van der Waals surface area contributed by atoms with Crippen LogP contribution in [-0.4, -0.2) is 66.3 Å². The topological polar surface area (TPSA) is 58.8 Å². The fourth-order valence-corrected chi connectivity index (χ4v) is 2.95. The van der Waals surface area contributed by atoms with Crippen molar-refractivity contribution >= 4 is 5.91 Å². The van der Waals surface area contributed by atoms with Gasteiger partial charge in [0.2, 0.25) is 5.76 Å². The van der Waals surface area contributed by atoms with Gasteiger partial charge in [0.05, 0.1) is 19.4 Å². The molecule has 2 saturated heterocycles. The Kier molecular flexibility index (Phi) is 3.28. The van der Waals surface area contributed by atoms with Crippen LogP contribution in [0.5, 0.6) is 0 Å². The number of piperidine rings is 1. The van der Waals surface area contributed by atoms with E-state index in [4.69, 9.17) is 9.26 Å². The van der Waals surface area contributed by atoms with E-state index in [1.54, 1.807) is 6.07 Å². The van der Waals surface area contributed by atoms with Crippen LogP contribution in [0.25, 0.3) is 0 Å². The van der Waals surface area contributed by atoms with E-state index >= 15 is 0 Å². The monoisotopic (exact) mass is 265 g/mol. The van der Waals surface area contributed by atoms with Gasteiger partial charge in [0, 0.05) is 31.2 Å². The van der Waals surface area contributed by atoms with Crippen molar-refractivity contribution in [2.45, 2.75) is 18.4 Å². The Morgan fingerprint density at radius 3 is 2.79 bits per heavy atom. The summed E-state index contributed by atoms with van der Waals surface area (Å²) in [4.78, 5) is 16.4. The van der Waals surface area contributed by atoms with Crippen molar-refractivity contribution in [3.63, 3.8) is 0 Å². The van der Waals surface area contributed by atoms with E-state index in [-0.39, 0.29) is 11.4 Å². The second kappa shape index (κ2) is 4.94. The van der Waals surface area contributed by atoms with Gasteiger partial charge in [0.15, 0.2) is 0 Å². The lowest BCUT2D eigenvalue weighted by atomic mass is 9.85. The third kappa shape index (κ3) is 2.26. The first-order chi connectivity index (χ1) is 9.21. The van der Waals surface area contributed by atoms with Crippen molar-refractivity contribution in [3.05, 3.63) is 18.0 Å². The molecule has 6 heteroatoms. The van der Waals surface area contributed by atoms with Crippen LogP contribution in [0.3, 0.4) is 0 Å². The lowest BCUT2D eigenvalue weighted by molar-refractivity contribution is -0.0798. The summed E-state index contributed by atoms with van der Waals surface area (Å²) in [5.41, 5.74) is 0.108. The number of hydrogen-bond acceptors (Lipinski definition) is 5. The summed E-state index contributed by atoms with van der Waals surface area (Å²) in [5, 5.41) is 3.58. The molecule has 0 aliphatic carbocycles. The molecule has 6 nitrogen and oxygen atoms in total. The molecule has 1 aromatic rings. The molecule has 3 heterocycles. The van der Waals surface area contributed by atoms with Gasteiger partial charge in [-0.3, -0.25) is 9.69 Å². The quantitative estimate of drug-likeness (QED) is 0.744. The van der Waals surface area contributed by atoms with Crippen LogP contribution < -0.4 is 0 Å². The molecule has 0 radical (unpaired) electrons. The molecule has 0 saturated carbocycles. The van der Waals surface area contributed by atoms with Crippen LogP contribution in [0, 0.1) is 0 Å². The van der Waals surface area contributed by atoms with Gasteiger partial charge in [-0.1, -0.05) is 5.16 Å². The van der Waals surface area contributed by atoms with Gasteiger partial charge in [0.25, 0.3) is 5.91 Å². The molecular weight excluding hydrogens is 246 g/mol. The first-order valence-corrected chi connectivity index (χ1v) is 6.70. The fourth-order valence-electron chi connectivity index (χ4n) is 2.95. The van der Waals surface area contributed by atoms with E-state index in [1.807, 2.05) is 4.90 Å². The third-order valence-electron chi connectivity index (χ3n) is 4.38. The second-order valence-electron chi connectivity index (χ2n) is 5.37. The minimum absolute atomic E-state index is 0.0632. The number of rotatable bonds is 1. The molecule has 1 spiro atoms. The van der Waals surface area contributed by atoms with E-state index in [0.717, 1.165) is 45.7 Å². The maximum Gasteiger partial charge on any atom is 0.292 e. The van der Waals surface area contributed by atoms with Gasteiger partial charge in [-0.25, -0.2) is 0 Å². The Bertz CT molecular complexity index is 438. The van der Waals surface area contributed by atoms with Crippen LogP contribution >= 0.6 is 0 Å². The van der Waals surface area contributed by atoms with Crippen molar-refractivity contribution in [2.24, 2.45) is 0 Å². The first kappa shape index (κ1) is 12.6. The van der Waals surface area contributed by atoms with Crippen molar-refractivity contribution in [1.29, 1.82) is 0 Å². The molecule has 19 heavy (non-hydrogen) atoms. The van der Waals surface area contributed by atoms with E-state index < -0.39 is 0 Å². The van der Waals surface area contributed by atoms with Crippen molar-refractivity contribution in [3.8, 4) is 0 Å². The predicted molar refractivity (Wildman–Crippen MR) is 67.8 cm³/mol. The van der Waals surface area contributed by atoms with E-state index in [9.17, 15) is 4.79 Å². The smallest absolute Gasteiger partial charge is 0.292 e. The summed E-state index contributed by atoms with van der Waals surface area (Å²) in [6.07, 6.45) is 3.40. The van der Waals surface area contributed by atoms with Crippen molar-refractivity contribution in [2.75, 3.05) is 39.9 Å². The number of nitrogens with zero attached hydrogens (tertiary/aromatic N) is 3. The standard InChI is InChI=1S/C13H19N3O3/c1-15-8-9-18-10-13(15)3-6-16(7-4-13)12(17)11-2-5-14-19-11/h2,5H,3-4,6-10H2,1H3. The fraction of sp³-hybridized carbons (Fsp3) is 0.692. The molecule has 2 aliphatic rings. The maximum atomic E-state index is 12.2. The van der Waals surface area contributed by atoms with Crippen LogP contribution in [-0.2, 0) is 4.74 Å². The lowest BCUT2D eigenvalue weighted by Gasteiger charge is -2.49. The molecule has 3 rings (SSSR count). The molecule has 0 unspecified atom stereocenters. The summed E-state index contributed by atoms with van der Waals surface area (Å²) in [7, 11) is 2.15. The number of amides is 1. The minimum Gasteiger partial charge on any atom is -0.378 e. The van der Waals surface area contributed by atoms with E-state index in [0.29, 0.717) is 5.76 Å². The Balaban J connectivity index is 1.64. The van der Waals surface area contributed by atoms with Gasteiger partial charge < -0.3 is 14.2 Å². The Morgan fingerprint density at radius 2 is 2.16 bits per heavy atom. The van der Waals surface area contributed by atoms with Crippen molar-refractivity contribution < 1.29 is 14.1 Å². The van der Waals surface area contributed by atoms with E-state index in [1.165, 1.54) is 6.20 Å². The summed E-state index contributed by atoms with van der Waals surface area (Å²) >= 11 is 0. The summed E-state index contributed by atoms with van der Waals surface area (Å²) < 4.78 is 10.6. The molecular formula is C13H19N3O3. The van der Waals surface area contributed by atoms with E-state index in [2.05, 4.69) is 17.1 Å². The van der Waals surface area contributed by atoms with Crippen LogP contribution in [0.15, 0.2) is 16.8 Å². The van der Waals surface area contributed by atoms with Gasteiger partial charge in [0.1, 0.15) is 0 Å². The summed E-state index contributed by atoms with van der Waals surface area (Å²) in [6.45, 7) is 4.03. The molecule has 0 atom stereocenters. The second-order valence-corrected chi connectivity index (χ2v) is 5.37. The van der Waals surface area contributed by atoms with Crippen LogP contribution in [0.4, 0.5) is 0 Å². The number of carbonyl (C=O) groups is 1. The Morgan fingerprint density at radius 1 is 1.37 bits per heavy atom. The molecule has 1 amide bonds.